The molecule has 0 aliphatic carbocycles. The first-order valence-corrected chi connectivity index (χ1v) is 6.33. The van der Waals surface area contributed by atoms with Crippen LogP contribution in [-0.2, 0) is 6.42 Å². The minimum Gasteiger partial charge on any atom is -0.497 e. The van der Waals surface area contributed by atoms with Crippen LogP contribution in [0.2, 0.25) is 0 Å². The fourth-order valence-corrected chi connectivity index (χ4v) is 1.89. The molecule has 4 heteroatoms. The number of hydrogen-bond acceptors (Lipinski definition) is 4. The fraction of sp³-hybridized carbons (Fsp3) is 0.333. The Bertz CT molecular complexity index is 538. The number of methoxy groups -OCH3 is 1. The number of aromatic nitrogens is 2. The summed E-state index contributed by atoms with van der Waals surface area (Å²) in [5.74, 6) is 1.61. The first-order valence-electron chi connectivity index (χ1n) is 6.33. The second kappa shape index (κ2) is 6.29. The molecular weight excluding hydrogens is 240 g/mol. The third-order valence-electron chi connectivity index (χ3n) is 2.84. The van der Waals surface area contributed by atoms with E-state index in [0.29, 0.717) is 12.8 Å². The van der Waals surface area contributed by atoms with Crippen molar-refractivity contribution >= 4 is 0 Å². The molecule has 1 heterocycles. The van der Waals surface area contributed by atoms with Crippen LogP contribution in [-0.4, -0.2) is 28.8 Å². The molecule has 1 aromatic heterocycles. The van der Waals surface area contributed by atoms with Crippen molar-refractivity contribution in [3.8, 4) is 17.0 Å². The molecule has 0 radical (unpaired) electrons. The molecule has 0 amide bonds. The summed E-state index contributed by atoms with van der Waals surface area (Å²) in [5, 5.41) is 8.87. The topological polar surface area (TPSA) is 55.2 Å². The van der Waals surface area contributed by atoms with Crippen molar-refractivity contribution in [1.29, 1.82) is 0 Å². The Morgan fingerprint density at radius 1 is 1.16 bits per heavy atom. The lowest BCUT2D eigenvalue weighted by molar-refractivity contribution is 0.287. The van der Waals surface area contributed by atoms with E-state index in [2.05, 4.69) is 9.97 Å². The highest BCUT2D eigenvalue weighted by Crippen LogP contribution is 2.21. The van der Waals surface area contributed by atoms with E-state index >= 15 is 0 Å². The van der Waals surface area contributed by atoms with Gasteiger partial charge in [-0.3, -0.25) is 0 Å². The number of rotatable bonds is 5. The molecule has 0 unspecified atom stereocenters. The zero-order valence-electron chi connectivity index (χ0n) is 11.3. The van der Waals surface area contributed by atoms with Gasteiger partial charge in [0.2, 0.25) is 0 Å². The lowest BCUT2D eigenvalue weighted by atomic mass is 10.1. The predicted molar refractivity (Wildman–Crippen MR) is 74.2 cm³/mol. The average Bonchev–Trinajstić information content (AvgIpc) is 2.44. The molecule has 0 saturated heterocycles. The minimum absolute atomic E-state index is 0.162. The molecule has 2 aromatic rings. The van der Waals surface area contributed by atoms with Gasteiger partial charge in [0, 0.05) is 24.3 Å². The summed E-state index contributed by atoms with van der Waals surface area (Å²) in [6, 6.07) is 9.76. The summed E-state index contributed by atoms with van der Waals surface area (Å²) in [6.45, 7) is 2.12. The van der Waals surface area contributed by atoms with Crippen LogP contribution in [0.5, 0.6) is 5.75 Å². The van der Waals surface area contributed by atoms with Crippen molar-refractivity contribution in [3.05, 3.63) is 41.9 Å². The zero-order valence-corrected chi connectivity index (χ0v) is 11.3. The van der Waals surface area contributed by atoms with Gasteiger partial charge in [-0.05, 0) is 43.7 Å². The van der Waals surface area contributed by atoms with Gasteiger partial charge in [-0.2, -0.15) is 0 Å². The molecule has 4 nitrogen and oxygen atoms in total. The monoisotopic (exact) mass is 258 g/mol. The largest absolute Gasteiger partial charge is 0.497 e. The lowest BCUT2D eigenvalue weighted by Gasteiger charge is -2.06. The summed E-state index contributed by atoms with van der Waals surface area (Å²) in [4.78, 5) is 8.92. The van der Waals surface area contributed by atoms with E-state index in [0.717, 1.165) is 28.5 Å². The van der Waals surface area contributed by atoms with Crippen LogP contribution in [0.25, 0.3) is 11.3 Å². The van der Waals surface area contributed by atoms with E-state index in [4.69, 9.17) is 9.84 Å². The van der Waals surface area contributed by atoms with Crippen LogP contribution >= 0.6 is 0 Å². The van der Waals surface area contributed by atoms with Crippen molar-refractivity contribution in [2.75, 3.05) is 13.7 Å². The number of aliphatic hydroxyl groups is 1. The van der Waals surface area contributed by atoms with E-state index in [1.54, 1.807) is 7.11 Å². The van der Waals surface area contributed by atoms with Gasteiger partial charge in [-0.1, -0.05) is 0 Å². The first kappa shape index (κ1) is 13.5. The number of hydrogen-bond donors (Lipinski definition) is 1. The van der Waals surface area contributed by atoms with Gasteiger partial charge in [0.05, 0.1) is 12.8 Å². The van der Waals surface area contributed by atoms with Crippen LogP contribution in [0.3, 0.4) is 0 Å². The van der Waals surface area contributed by atoms with Crippen molar-refractivity contribution in [1.82, 2.24) is 9.97 Å². The van der Waals surface area contributed by atoms with Gasteiger partial charge in [0.25, 0.3) is 0 Å². The Morgan fingerprint density at radius 2 is 1.89 bits per heavy atom. The summed E-state index contributed by atoms with van der Waals surface area (Å²) in [7, 11) is 1.65. The van der Waals surface area contributed by atoms with Gasteiger partial charge in [-0.25, -0.2) is 9.97 Å². The van der Waals surface area contributed by atoms with Crippen molar-refractivity contribution in [3.63, 3.8) is 0 Å². The van der Waals surface area contributed by atoms with Crippen molar-refractivity contribution < 1.29 is 9.84 Å². The van der Waals surface area contributed by atoms with Crippen LogP contribution in [0.15, 0.2) is 30.3 Å². The third kappa shape index (κ3) is 3.51. The molecule has 0 spiro atoms. The molecule has 0 aliphatic rings. The van der Waals surface area contributed by atoms with Crippen molar-refractivity contribution in [2.45, 2.75) is 19.8 Å². The standard InChI is InChI=1S/C15H18N2O2/c1-11-10-14(17-15(16-11)4-3-9-18)12-5-7-13(19-2)8-6-12/h5-8,10,18H,3-4,9H2,1-2H3. The lowest BCUT2D eigenvalue weighted by Crippen LogP contribution is -2.00. The summed E-state index contributed by atoms with van der Waals surface area (Å²) < 4.78 is 5.15. The first-order chi connectivity index (χ1) is 9.22. The van der Waals surface area contributed by atoms with Gasteiger partial charge < -0.3 is 9.84 Å². The van der Waals surface area contributed by atoms with Gasteiger partial charge in [-0.15, -0.1) is 0 Å². The summed E-state index contributed by atoms with van der Waals surface area (Å²) in [5.41, 5.74) is 2.88. The minimum atomic E-state index is 0.162. The third-order valence-corrected chi connectivity index (χ3v) is 2.84. The van der Waals surface area contributed by atoms with E-state index in [1.807, 2.05) is 37.3 Å². The zero-order chi connectivity index (χ0) is 13.7. The van der Waals surface area contributed by atoms with Gasteiger partial charge in [0.15, 0.2) is 0 Å². The Morgan fingerprint density at radius 3 is 2.53 bits per heavy atom. The highest BCUT2D eigenvalue weighted by Gasteiger charge is 2.05. The molecular formula is C15H18N2O2. The second-order valence-corrected chi connectivity index (χ2v) is 4.37. The van der Waals surface area contributed by atoms with Gasteiger partial charge >= 0.3 is 0 Å². The molecule has 19 heavy (non-hydrogen) atoms. The second-order valence-electron chi connectivity index (χ2n) is 4.37. The Labute approximate surface area is 113 Å². The SMILES string of the molecule is COc1ccc(-c2cc(C)nc(CCCO)n2)cc1. The van der Waals surface area contributed by atoms with E-state index in [-0.39, 0.29) is 6.61 Å². The molecule has 2 rings (SSSR count). The van der Waals surface area contributed by atoms with E-state index in [1.165, 1.54) is 0 Å². The molecule has 0 saturated carbocycles. The fourth-order valence-electron chi connectivity index (χ4n) is 1.89. The summed E-state index contributed by atoms with van der Waals surface area (Å²) in [6.07, 6.45) is 1.38. The van der Waals surface area contributed by atoms with Crippen molar-refractivity contribution in [2.24, 2.45) is 0 Å². The molecule has 0 atom stereocenters. The molecule has 1 N–H and O–H groups in total. The molecule has 100 valence electrons. The summed E-state index contributed by atoms with van der Waals surface area (Å²) >= 11 is 0. The average molecular weight is 258 g/mol. The molecule has 0 bridgehead atoms. The van der Waals surface area contributed by atoms with Crippen LogP contribution < -0.4 is 4.74 Å². The molecule has 1 aromatic carbocycles. The van der Waals surface area contributed by atoms with Crippen LogP contribution in [0.1, 0.15) is 17.9 Å². The quantitative estimate of drug-likeness (QED) is 0.894. The number of nitrogens with zero attached hydrogens (tertiary/aromatic N) is 2. The number of aliphatic hydroxyl groups excluding tert-OH is 1. The van der Waals surface area contributed by atoms with Crippen LogP contribution in [0.4, 0.5) is 0 Å². The Hall–Kier alpha value is -1.94. The predicted octanol–water partition coefficient (Wildman–Crippen LogP) is 2.39. The number of benzene rings is 1. The van der Waals surface area contributed by atoms with Crippen LogP contribution in [0, 0.1) is 6.92 Å². The molecule has 0 fully saturated rings. The van der Waals surface area contributed by atoms with E-state index < -0.39 is 0 Å². The number of aryl methyl sites for hydroxylation is 2. The Balaban J connectivity index is 2.29. The smallest absolute Gasteiger partial charge is 0.129 e. The maximum Gasteiger partial charge on any atom is 0.129 e. The highest BCUT2D eigenvalue weighted by atomic mass is 16.5. The van der Waals surface area contributed by atoms with Gasteiger partial charge in [0.1, 0.15) is 11.6 Å². The normalized spacial score (nSPS) is 10.5. The highest BCUT2D eigenvalue weighted by molar-refractivity contribution is 5.60. The van der Waals surface area contributed by atoms with E-state index in [9.17, 15) is 0 Å². The molecule has 0 aliphatic heterocycles. The number of ether oxygens (including phenoxy) is 1. The Kier molecular flexibility index (Phi) is 4.47. The maximum absolute atomic E-state index is 8.87. The maximum atomic E-state index is 8.87.